The van der Waals surface area contributed by atoms with Gasteiger partial charge in [-0.2, -0.15) is 4.99 Å². The molecule has 158 valence electrons. The number of nitrogens with zero attached hydrogens (tertiary/aromatic N) is 2. The van der Waals surface area contributed by atoms with Gasteiger partial charge in [0.2, 0.25) is 0 Å². The Morgan fingerprint density at radius 2 is 1.70 bits per heavy atom. The van der Waals surface area contributed by atoms with Crippen molar-refractivity contribution in [3.63, 3.8) is 0 Å². The van der Waals surface area contributed by atoms with E-state index in [1.807, 2.05) is 36.4 Å². The van der Waals surface area contributed by atoms with Crippen LogP contribution in [0, 0.1) is 0 Å². The number of thioether (sulfide) groups is 1. The topological polar surface area (TPSA) is 66.8 Å². The van der Waals surface area contributed by atoms with Gasteiger partial charge in [-0.3, -0.25) is 4.79 Å². The number of hydrogen-bond donors (Lipinski definition) is 0. The lowest BCUT2D eigenvalue weighted by atomic mass is 10.0. The minimum Gasteiger partial charge on any atom is -0.315 e. The quantitative estimate of drug-likeness (QED) is 0.707. The van der Waals surface area contributed by atoms with Gasteiger partial charge in [0.15, 0.2) is 15.0 Å². The van der Waals surface area contributed by atoms with E-state index < -0.39 is 9.84 Å². The number of aliphatic imine (C=N–C) groups is 1. The van der Waals surface area contributed by atoms with Crippen LogP contribution in [0.15, 0.2) is 53.5 Å². The number of fused-ring (bicyclic) bond motifs is 1. The second-order valence-corrected chi connectivity index (χ2v) is 11.1. The highest BCUT2D eigenvalue weighted by Crippen LogP contribution is 2.43. The fourth-order valence-electron chi connectivity index (χ4n) is 4.27. The SMILES string of the molecule is CCc1cccc(CC)c1N1C(=NC(=O)Cc2ccccc2)SC2CS(=O)(=O)CC21. The summed E-state index contributed by atoms with van der Waals surface area (Å²) in [6.45, 7) is 4.20. The molecule has 0 saturated carbocycles. The molecule has 2 aromatic rings. The molecule has 2 aliphatic rings. The number of para-hydroxylation sites is 1. The molecule has 0 aromatic heterocycles. The van der Waals surface area contributed by atoms with Gasteiger partial charge in [-0.15, -0.1) is 0 Å². The molecule has 2 heterocycles. The lowest BCUT2D eigenvalue weighted by molar-refractivity contribution is -0.117. The number of rotatable bonds is 5. The van der Waals surface area contributed by atoms with E-state index in [0.717, 1.165) is 35.2 Å². The number of amidine groups is 1. The molecule has 2 aromatic carbocycles. The van der Waals surface area contributed by atoms with E-state index in [1.165, 1.54) is 11.8 Å². The first-order chi connectivity index (χ1) is 14.4. The molecule has 0 N–H and O–H groups in total. The zero-order valence-corrected chi connectivity index (χ0v) is 18.9. The summed E-state index contributed by atoms with van der Waals surface area (Å²) in [5, 5.41) is 0.546. The fraction of sp³-hybridized carbons (Fsp3) is 0.391. The molecule has 1 amide bonds. The van der Waals surface area contributed by atoms with Gasteiger partial charge in [-0.25, -0.2) is 8.42 Å². The zero-order chi connectivity index (χ0) is 21.3. The Balaban J connectivity index is 1.75. The van der Waals surface area contributed by atoms with Crippen LogP contribution < -0.4 is 4.90 Å². The highest BCUT2D eigenvalue weighted by molar-refractivity contribution is 8.16. The van der Waals surface area contributed by atoms with Crippen LogP contribution >= 0.6 is 11.8 Å². The fourth-order valence-corrected chi connectivity index (χ4v) is 8.18. The molecule has 4 rings (SSSR count). The van der Waals surface area contributed by atoms with E-state index in [-0.39, 0.29) is 35.1 Å². The summed E-state index contributed by atoms with van der Waals surface area (Å²) in [7, 11) is -3.09. The van der Waals surface area contributed by atoms with Gasteiger partial charge >= 0.3 is 0 Å². The highest BCUT2D eigenvalue weighted by atomic mass is 32.2. The number of sulfone groups is 1. The molecule has 2 saturated heterocycles. The summed E-state index contributed by atoms with van der Waals surface area (Å²) < 4.78 is 24.7. The van der Waals surface area contributed by atoms with E-state index in [1.54, 1.807) is 0 Å². The largest absolute Gasteiger partial charge is 0.315 e. The molecule has 2 fully saturated rings. The van der Waals surface area contributed by atoms with Crippen molar-refractivity contribution in [2.75, 3.05) is 16.4 Å². The molecule has 0 spiro atoms. The van der Waals surface area contributed by atoms with Crippen molar-refractivity contribution in [3.8, 4) is 0 Å². The van der Waals surface area contributed by atoms with E-state index in [0.29, 0.717) is 5.17 Å². The van der Waals surface area contributed by atoms with Gasteiger partial charge in [0.1, 0.15) is 0 Å². The predicted octanol–water partition coefficient (Wildman–Crippen LogP) is 3.66. The van der Waals surface area contributed by atoms with E-state index >= 15 is 0 Å². The molecular weight excluding hydrogens is 416 g/mol. The summed E-state index contributed by atoms with van der Waals surface area (Å²) in [5.74, 6) is 0.0432. The first-order valence-corrected chi connectivity index (χ1v) is 13.0. The smallest absolute Gasteiger partial charge is 0.252 e. The molecule has 0 radical (unpaired) electrons. The average Bonchev–Trinajstić information content (AvgIpc) is 3.18. The first kappa shape index (κ1) is 21.1. The Hall–Kier alpha value is -2.12. The van der Waals surface area contributed by atoms with Crippen LogP contribution in [0.2, 0.25) is 0 Å². The third kappa shape index (κ3) is 4.18. The van der Waals surface area contributed by atoms with Crippen LogP contribution in [0.3, 0.4) is 0 Å². The Morgan fingerprint density at radius 3 is 2.33 bits per heavy atom. The molecule has 5 nitrogen and oxygen atoms in total. The molecule has 7 heteroatoms. The zero-order valence-electron chi connectivity index (χ0n) is 17.2. The van der Waals surface area contributed by atoms with E-state index in [9.17, 15) is 13.2 Å². The average molecular weight is 443 g/mol. The number of carbonyl (C=O) groups is 1. The maximum atomic E-state index is 12.8. The maximum absolute atomic E-state index is 12.8. The van der Waals surface area contributed by atoms with Crippen molar-refractivity contribution in [2.24, 2.45) is 4.99 Å². The third-order valence-electron chi connectivity index (χ3n) is 5.69. The van der Waals surface area contributed by atoms with E-state index in [2.05, 4.69) is 35.9 Å². The van der Waals surface area contributed by atoms with Crippen LogP contribution in [-0.4, -0.2) is 42.3 Å². The van der Waals surface area contributed by atoms with Crippen molar-refractivity contribution in [3.05, 3.63) is 65.2 Å². The summed E-state index contributed by atoms with van der Waals surface area (Å²) >= 11 is 1.44. The summed E-state index contributed by atoms with van der Waals surface area (Å²) in [6.07, 6.45) is 1.90. The number of carbonyl (C=O) groups excluding carboxylic acids is 1. The van der Waals surface area contributed by atoms with Crippen LogP contribution in [-0.2, 0) is 33.9 Å². The molecule has 0 aliphatic carbocycles. The lowest BCUT2D eigenvalue weighted by Crippen LogP contribution is -2.39. The molecule has 30 heavy (non-hydrogen) atoms. The van der Waals surface area contributed by atoms with Crippen LogP contribution in [0.25, 0.3) is 0 Å². The lowest BCUT2D eigenvalue weighted by Gasteiger charge is -2.29. The summed E-state index contributed by atoms with van der Waals surface area (Å²) in [4.78, 5) is 19.3. The van der Waals surface area contributed by atoms with Gasteiger partial charge < -0.3 is 4.90 Å². The number of benzene rings is 2. The third-order valence-corrected chi connectivity index (χ3v) is 8.90. The minimum absolute atomic E-state index is 0.0899. The molecular formula is C23H26N2O3S2. The van der Waals surface area contributed by atoms with Crippen molar-refractivity contribution >= 4 is 38.4 Å². The second kappa shape index (κ2) is 8.55. The van der Waals surface area contributed by atoms with Gasteiger partial charge in [0, 0.05) is 10.9 Å². The number of anilines is 1. The maximum Gasteiger partial charge on any atom is 0.252 e. The van der Waals surface area contributed by atoms with Crippen molar-refractivity contribution < 1.29 is 13.2 Å². The highest BCUT2D eigenvalue weighted by Gasteiger charge is 2.50. The number of amides is 1. The van der Waals surface area contributed by atoms with Crippen LogP contribution in [0.5, 0.6) is 0 Å². The van der Waals surface area contributed by atoms with Crippen molar-refractivity contribution in [1.29, 1.82) is 0 Å². The summed E-state index contributed by atoms with van der Waals surface area (Å²) in [5.41, 5.74) is 4.27. The number of aryl methyl sites for hydroxylation is 2. The standard InChI is InChI=1S/C23H26N2O3S2/c1-3-17-11-8-12-18(4-2)22(17)25-19-14-30(27,28)15-20(19)29-23(25)24-21(26)13-16-9-6-5-7-10-16/h5-12,19-20H,3-4,13-15H2,1-2H3. The van der Waals surface area contributed by atoms with Gasteiger partial charge in [0.25, 0.3) is 5.91 Å². The van der Waals surface area contributed by atoms with Crippen LogP contribution in [0.4, 0.5) is 5.69 Å². The van der Waals surface area contributed by atoms with Crippen molar-refractivity contribution in [1.82, 2.24) is 0 Å². The van der Waals surface area contributed by atoms with Gasteiger partial charge in [0.05, 0.1) is 24.0 Å². The predicted molar refractivity (Wildman–Crippen MR) is 124 cm³/mol. The van der Waals surface area contributed by atoms with Gasteiger partial charge in [-0.1, -0.05) is 74.1 Å². The number of hydrogen-bond acceptors (Lipinski definition) is 4. The van der Waals surface area contributed by atoms with Gasteiger partial charge in [-0.05, 0) is 29.5 Å². The Morgan fingerprint density at radius 1 is 1.03 bits per heavy atom. The van der Waals surface area contributed by atoms with Crippen molar-refractivity contribution in [2.45, 2.75) is 44.4 Å². The minimum atomic E-state index is -3.09. The molecule has 0 bridgehead atoms. The van der Waals surface area contributed by atoms with Crippen LogP contribution in [0.1, 0.15) is 30.5 Å². The monoisotopic (exact) mass is 442 g/mol. The molecule has 2 atom stereocenters. The Labute approximate surface area is 182 Å². The Kier molecular flexibility index (Phi) is 6.02. The summed E-state index contributed by atoms with van der Waals surface area (Å²) in [6, 6.07) is 15.6. The normalized spacial score (nSPS) is 23.7. The van der Waals surface area contributed by atoms with E-state index in [4.69, 9.17) is 0 Å². The first-order valence-electron chi connectivity index (χ1n) is 10.3. The Bertz CT molecular complexity index is 1060. The second-order valence-electron chi connectivity index (χ2n) is 7.75. The molecule has 2 unspecified atom stereocenters. The molecule has 2 aliphatic heterocycles.